The maximum atomic E-state index is 12.5. The van der Waals surface area contributed by atoms with E-state index in [-0.39, 0.29) is 10.7 Å². The first-order chi connectivity index (χ1) is 9.83. The summed E-state index contributed by atoms with van der Waals surface area (Å²) in [6.07, 6.45) is 1.53. The molecule has 0 aliphatic carbocycles. The van der Waals surface area contributed by atoms with Gasteiger partial charge in [-0.3, -0.25) is 0 Å². The van der Waals surface area contributed by atoms with Crippen molar-refractivity contribution in [2.45, 2.75) is 24.8 Å². The maximum absolute atomic E-state index is 12.5. The first-order valence-electron chi connectivity index (χ1n) is 6.25. The standard InChI is InChI=1S/C13H16BrN3O3S/c1-8-4-5-11(20-8)9(2)17-21(18,19)12-6-10(14)7-16-13(12)15-3/h4-7,9,17H,1-3H3,(H,15,16). The summed E-state index contributed by atoms with van der Waals surface area (Å²) in [7, 11) is -2.11. The Hall–Kier alpha value is -1.38. The van der Waals surface area contributed by atoms with Gasteiger partial charge < -0.3 is 9.73 Å². The molecule has 0 amide bonds. The van der Waals surface area contributed by atoms with Crippen molar-refractivity contribution in [2.75, 3.05) is 12.4 Å². The van der Waals surface area contributed by atoms with Crippen LogP contribution < -0.4 is 10.0 Å². The summed E-state index contributed by atoms with van der Waals surface area (Å²) in [5, 5.41) is 2.77. The molecule has 0 aliphatic rings. The van der Waals surface area contributed by atoms with Gasteiger partial charge in [-0.05, 0) is 48.0 Å². The molecule has 2 rings (SSSR count). The number of sulfonamides is 1. The first kappa shape index (κ1) is 16.0. The van der Waals surface area contributed by atoms with Crippen molar-refractivity contribution in [1.29, 1.82) is 0 Å². The van der Waals surface area contributed by atoms with Crippen LogP contribution in [0.3, 0.4) is 0 Å². The quantitative estimate of drug-likeness (QED) is 0.841. The Labute approximate surface area is 132 Å². The summed E-state index contributed by atoms with van der Waals surface area (Å²) < 4.78 is 33.6. The first-order valence-corrected chi connectivity index (χ1v) is 8.53. The lowest BCUT2D eigenvalue weighted by atomic mass is 10.3. The number of nitrogens with zero attached hydrogens (tertiary/aromatic N) is 1. The Kier molecular flexibility index (Phi) is 4.70. The van der Waals surface area contributed by atoms with Crippen molar-refractivity contribution in [2.24, 2.45) is 0 Å². The fourth-order valence-corrected chi connectivity index (χ4v) is 3.74. The molecule has 6 nitrogen and oxygen atoms in total. The number of aryl methyl sites for hydroxylation is 1. The van der Waals surface area contributed by atoms with Gasteiger partial charge in [-0.25, -0.2) is 18.1 Å². The molecule has 0 radical (unpaired) electrons. The molecular formula is C13H16BrN3O3S. The summed E-state index contributed by atoms with van der Waals surface area (Å²) in [4.78, 5) is 4.12. The molecule has 2 aromatic rings. The largest absolute Gasteiger partial charge is 0.465 e. The van der Waals surface area contributed by atoms with E-state index in [1.165, 1.54) is 12.3 Å². The third kappa shape index (κ3) is 3.63. The monoisotopic (exact) mass is 373 g/mol. The number of aromatic nitrogens is 1. The number of pyridine rings is 1. The Balaban J connectivity index is 2.32. The summed E-state index contributed by atoms with van der Waals surface area (Å²) >= 11 is 3.23. The van der Waals surface area contributed by atoms with E-state index in [4.69, 9.17) is 4.42 Å². The average molecular weight is 374 g/mol. The van der Waals surface area contributed by atoms with Gasteiger partial charge in [0, 0.05) is 17.7 Å². The van der Waals surface area contributed by atoms with E-state index in [2.05, 4.69) is 31.0 Å². The highest BCUT2D eigenvalue weighted by Gasteiger charge is 2.24. The second-order valence-electron chi connectivity index (χ2n) is 4.54. The molecule has 0 saturated heterocycles. The van der Waals surface area contributed by atoms with Crippen LogP contribution in [-0.2, 0) is 10.0 Å². The van der Waals surface area contributed by atoms with Crippen molar-refractivity contribution in [1.82, 2.24) is 9.71 Å². The number of hydrogen-bond donors (Lipinski definition) is 2. The summed E-state index contributed by atoms with van der Waals surface area (Å²) in [6.45, 7) is 3.53. The number of furan rings is 1. The SMILES string of the molecule is CNc1ncc(Br)cc1S(=O)(=O)NC(C)c1ccc(C)o1. The third-order valence-corrected chi connectivity index (χ3v) is 4.85. The second kappa shape index (κ2) is 6.17. The number of nitrogens with one attached hydrogen (secondary N) is 2. The Morgan fingerprint density at radius 2 is 2.10 bits per heavy atom. The van der Waals surface area contributed by atoms with Crippen LogP contribution in [0.1, 0.15) is 24.5 Å². The van der Waals surface area contributed by atoms with Crippen LogP contribution in [0.25, 0.3) is 0 Å². The Bertz CT molecular complexity index is 743. The molecule has 114 valence electrons. The van der Waals surface area contributed by atoms with E-state index < -0.39 is 16.1 Å². The number of halogens is 1. The lowest BCUT2D eigenvalue weighted by Crippen LogP contribution is -2.27. The van der Waals surface area contributed by atoms with E-state index in [0.717, 1.165) is 5.76 Å². The summed E-state index contributed by atoms with van der Waals surface area (Å²) in [6, 6.07) is 4.56. The number of anilines is 1. The van der Waals surface area contributed by atoms with Crippen LogP contribution in [0.5, 0.6) is 0 Å². The van der Waals surface area contributed by atoms with Crippen LogP contribution in [0.15, 0.2) is 38.2 Å². The smallest absolute Gasteiger partial charge is 0.244 e. The molecule has 0 fully saturated rings. The summed E-state index contributed by atoms with van der Waals surface area (Å²) in [5.74, 6) is 1.58. The molecule has 0 aromatic carbocycles. The minimum Gasteiger partial charge on any atom is -0.465 e. The predicted molar refractivity (Wildman–Crippen MR) is 83.7 cm³/mol. The van der Waals surface area contributed by atoms with Gasteiger partial charge in [0.25, 0.3) is 0 Å². The topological polar surface area (TPSA) is 84.2 Å². The van der Waals surface area contributed by atoms with E-state index in [9.17, 15) is 8.42 Å². The van der Waals surface area contributed by atoms with Crippen molar-refractivity contribution in [3.63, 3.8) is 0 Å². The van der Waals surface area contributed by atoms with Crippen LogP contribution in [0.2, 0.25) is 0 Å². The zero-order valence-corrected chi connectivity index (χ0v) is 14.2. The van der Waals surface area contributed by atoms with Crippen molar-refractivity contribution in [3.8, 4) is 0 Å². The minimum atomic E-state index is -3.73. The fourth-order valence-electron chi connectivity index (χ4n) is 1.85. The van der Waals surface area contributed by atoms with Gasteiger partial charge in [-0.15, -0.1) is 0 Å². The van der Waals surface area contributed by atoms with Gasteiger partial charge in [-0.2, -0.15) is 0 Å². The van der Waals surface area contributed by atoms with Crippen LogP contribution in [-0.4, -0.2) is 20.4 Å². The lowest BCUT2D eigenvalue weighted by molar-refractivity contribution is 0.441. The Morgan fingerprint density at radius 3 is 2.67 bits per heavy atom. The number of hydrogen-bond acceptors (Lipinski definition) is 5. The third-order valence-electron chi connectivity index (χ3n) is 2.87. The fraction of sp³-hybridized carbons (Fsp3) is 0.308. The highest BCUT2D eigenvalue weighted by molar-refractivity contribution is 9.10. The van der Waals surface area contributed by atoms with Crippen LogP contribution in [0, 0.1) is 6.92 Å². The molecule has 1 unspecified atom stereocenters. The minimum absolute atomic E-state index is 0.0782. The van der Waals surface area contributed by atoms with Crippen LogP contribution in [0.4, 0.5) is 5.82 Å². The normalized spacial score (nSPS) is 13.1. The van der Waals surface area contributed by atoms with E-state index >= 15 is 0 Å². The van der Waals surface area contributed by atoms with E-state index in [1.54, 1.807) is 26.1 Å². The molecule has 2 N–H and O–H groups in total. The molecule has 0 saturated carbocycles. The van der Waals surface area contributed by atoms with Gasteiger partial charge in [0.1, 0.15) is 22.2 Å². The zero-order chi connectivity index (χ0) is 15.6. The molecular weight excluding hydrogens is 358 g/mol. The van der Waals surface area contributed by atoms with Gasteiger partial charge in [-0.1, -0.05) is 0 Å². The highest BCUT2D eigenvalue weighted by atomic mass is 79.9. The molecule has 8 heteroatoms. The van der Waals surface area contributed by atoms with Crippen molar-refractivity contribution < 1.29 is 12.8 Å². The maximum Gasteiger partial charge on any atom is 0.244 e. The highest BCUT2D eigenvalue weighted by Crippen LogP contribution is 2.25. The van der Waals surface area contributed by atoms with Crippen LogP contribution >= 0.6 is 15.9 Å². The van der Waals surface area contributed by atoms with Gasteiger partial charge >= 0.3 is 0 Å². The molecule has 2 aromatic heterocycles. The second-order valence-corrected chi connectivity index (χ2v) is 7.14. The van der Waals surface area contributed by atoms with Crippen molar-refractivity contribution in [3.05, 3.63) is 40.4 Å². The number of rotatable bonds is 5. The predicted octanol–water partition coefficient (Wildman–Crippen LogP) is 2.83. The van der Waals surface area contributed by atoms with Gasteiger partial charge in [0.15, 0.2) is 0 Å². The van der Waals surface area contributed by atoms with E-state index in [1.807, 2.05) is 6.92 Å². The molecule has 21 heavy (non-hydrogen) atoms. The molecule has 2 heterocycles. The molecule has 0 aliphatic heterocycles. The van der Waals surface area contributed by atoms with E-state index in [0.29, 0.717) is 10.2 Å². The van der Waals surface area contributed by atoms with Crippen molar-refractivity contribution >= 4 is 31.8 Å². The Morgan fingerprint density at radius 1 is 1.38 bits per heavy atom. The zero-order valence-electron chi connectivity index (χ0n) is 11.8. The van der Waals surface area contributed by atoms with Gasteiger partial charge in [0.2, 0.25) is 10.0 Å². The molecule has 0 bridgehead atoms. The average Bonchev–Trinajstić information content (AvgIpc) is 2.85. The molecule has 1 atom stereocenters. The molecule has 0 spiro atoms. The van der Waals surface area contributed by atoms with Gasteiger partial charge in [0.05, 0.1) is 6.04 Å². The lowest BCUT2D eigenvalue weighted by Gasteiger charge is -2.14. The summed E-state index contributed by atoms with van der Waals surface area (Å²) in [5.41, 5.74) is 0.